The highest BCUT2D eigenvalue weighted by Gasteiger charge is 2.32. The predicted molar refractivity (Wildman–Crippen MR) is 81.6 cm³/mol. The Labute approximate surface area is 128 Å². The number of hydrogen-bond donors (Lipinski definition) is 0. The number of anilines is 2. The third-order valence-electron chi connectivity index (χ3n) is 3.65. The maximum atomic E-state index is 5.08. The molecule has 3 rings (SSSR count). The molecule has 3 heterocycles. The SMILES string of the molecule is COc1nc(OC)nc(N(C)C2CN(c3ccccn3)C2)n1. The van der Waals surface area contributed by atoms with Crippen molar-refractivity contribution in [3.05, 3.63) is 24.4 Å². The van der Waals surface area contributed by atoms with E-state index in [4.69, 9.17) is 9.47 Å². The first-order chi connectivity index (χ1) is 10.7. The van der Waals surface area contributed by atoms with E-state index in [1.807, 2.05) is 30.1 Å². The van der Waals surface area contributed by atoms with Crippen LogP contribution in [-0.2, 0) is 0 Å². The molecule has 2 aromatic heterocycles. The molecule has 116 valence electrons. The molecule has 0 unspecified atom stereocenters. The highest BCUT2D eigenvalue weighted by Crippen LogP contribution is 2.24. The molecule has 0 radical (unpaired) electrons. The van der Waals surface area contributed by atoms with E-state index in [-0.39, 0.29) is 12.0 Å². The highest BCUT2D eigenvalue weighted by molar-refractivity contribution is 5.46. The lowest BCUT2D eigenvalue weighted by atomic mass is 10.1. The van der Waals surface area contributed by atoms with Gasteiger partial charge in [-0.1, -0.05) is 6.07 Å². The fourth-order valence-corrected chi connectivity index (χ4v) is 2.26. The Balaban J connectivity index is 1.69. The average Bonchev–Trinajstić information content (AvgIpc) is 2.53. The zero-order valence-corrected chi connectivity index (χ0v) is 12.8. The second kappa shape index (κ2) is 6.00. The van der Waals surface area contributed by atoms with Crippen LogP contribution < -0.4 is 19.3 Å². The Kier molecular flexibility index (Phi) is 3.90. The third-order valence-corrected chi connectivity index (χ3v) is 3.65. The molecule has 0 atom stereocenters. The smallest absolute Gasteiger partial charge is 0.324 e. The minimum absolute atomic E-state index is 0.245. The number of rotatable bonds is 5. The van der Waals surface area contributed by atoms with Crippen LogP contribution in [0, 0.1) is 0 Å². The van der Waals surface area contributed by atoms with Gasteiger partial charge in [0.15, 0.2) is 0 Å². The van der Waals surface area contributed by atoms with Gasteiger partial charge in [0.25, 0.3) is 0 Å². The van der Waals surface area contributed by atoms with Crippen LogP contribution in [0.25, 0.3) is 0 Å². The number of nitrogens with zero attached hydrogens (tertiary/aromatic N) is 6. The summed E-state index contributed by atoms with van der Waals surface area (Å²) in [7, 11) is 4.99. The van der Waals surface area contributed by atoms with Crippen molar-refractivity contribution in [1.29, 1.82) is 0 Å². The summed E-state index contributed by atoms with van der Waals surface area (Å²) in [5.41, 5.74) is 0. The summed E-state index contributed by atoms with van der Waals surface area (Å²) in [5, 5.41) is 0. The van der Waals surface area contributed by atoms with Gasteiger partial charge >= 0.3 is 12.0 Å². The molecule has 0 aliphatic carbocycles. The molecule has 0 N–H and O–H groups in total. The molecular weight excluding hydrogens is 284 g/mol. The molecule has 22 heavy (non-hydrogen) atoms. The number of hydrogen-bond acceptors (Lipinski definition) is 8. The van der Waals surface area contributed by atoms with Crippen molar-refractivity contribution >= 4 is 11.8 Å². The van der Waals surface area contributed by atoms with Crippen LogP contribution in [0.5, 0.6) is 12.0 Å². The molecule has 1 fully saturated rings. The van der Waals surface area contributed by atoms with Gasteiger partial charge < -0.3 is 19.3 Å². The van der Waals surface area contributed by atoms with Crippen molar-refractivity contribution in [2.75, 3.05) is 44.2 Å². The van der Waals surface area contributed by atoms with Gasteiger partial charge in [-0.3, -0.25) is 0 Å². The quantitative estimate of drug-likeness (QED) is 0.795. The first-order valence-corrected chi connectivity index (χ1v) is 6.94. The fraction of sp³-hybridized carbons (Fsp3) is 0.429. The Bertz CT molecular complexity index is 610. The van der Waals surface area contributed by atoms with Crippen molar-refractivity contribution in [2.24, 2.45) is 0 Å². The van der Waals surface area contributed by atoms with E-state index >= 15 is 0 Å². The second-order valence-electron chi connectivity index (χ2n) is 4.97. The molecule has 8 nitrogen and oxygen atoms in total. The van der Waals surface area contributed by atoms with Crippen molar-refractivity contribution in [3.63, 3.8) is 0 Å². The summed E-state index contributed by atoms with van der Waals surface area (Å²) < 4.78 is 10.2. The Morgan fingerprint density at radius 1 is 1.09 bits per heavy atom. The third kappa shape index (κ3) is 2.72. The standard InChI is InChI=1S/C14H18N6O2/c1-19(12-16-13(21-2)18-14(17-12)22-3)10-8-20(9-10)11-6-4-5-7-15-11/h4-7,10H,8-9H2,1-3H3. The summed E-state index contributed by atoms with van der Waals surface area (Å²) >= 11 is 0. The summed E-state index contributed by atoms with van der Waals surface area (Å²) in [6.45, 7) is 1.73. The molecule has 1 saturated heterocycles. The number of aromatic nitrogens is 4. The maximum Gasteiger partial charge on any atom is 0.324 e. The summed E-state index contributed by atoms with van der Waals surface area (Å²) in [4.78, 5) is 21.1. The predicted octanol–water partition coefficient (Wildman–Crippen LogP) is 0.609. The minimum atomic E-state index is 0.245. The van der Waals surface area contributed by atoms with Crippen LogP contribution in [0.3, 0.4) is 0 Å². The van der Waals surface area contributed by atoms with E-state index in [0.717, 1.165) is 18.9 Å². The minimum Gasteiger partial charge on any atom is -0.467 e. The van der Waals surface area contributed by atoms with Crippen LogP contribution in [0.4, 0.5) is 11.8 Å². The van der Waals surface area contributed by atoms with Gasteiger partial charge in [0, 0.05) is 26.3 Å². The summed E-state index contributed by atoms with van der Waals surface area (Å²) in [6.07, 6.45) is 1.80. The Hall–Kier alpha value is -2.64. The van der Waals surface area contributed by atoms with Gasteiger partial charge in [0.2, 0.25) is 5.95 Å². The molecule has 1 aliphatic rings. The highest BCUT2D eigenvalue weighted by atomic mass is 16.5. The summed E-state index contributed by atoms with van der Waals surface area (Å²) in [6, 6.07) is 6.70. The lowest BCUT2D eigenvalue weighted by Gasteiger charge is -2.44. The Morgan fingerprint density at radius 2 is 1.77 bits per heavy atom. The maximum absolute atomic E-state index is 5.08. The van der Waals surface area contributed by atoms with Gasteiger partial charge in [-0.25, -0.2) is 4.98 Å². The molecule has 0 aromatic carbocycles. The van der Waals surface area contributed by atoms with E-state index in [0.29, 0.717) is 12.0 Å². The molecule has 1 aliphatic heterocycles. The topological polar surface area (TPSA) is 76.5 Å². The van der Waals surface area contributed by atoms with Crippen LogP contribution in [0.15, 0.2) is 24.4 Å². The van der Waals surface area contributed by atoms with Gasteiger partial charge in [0.1, 0.15) is 5.82 Å². The molecule has 0 amide bonds. The van der Waals surface area contributed by atoms with Crippen LogP contribution in [-0.4, -0.2) is 60.3 Å². The van der Waals surface area contributed by atoms with Gasteiger partial charge in [-0.2, -0.15) is 9.97 Å². The monoisotopic (exact) mass is 302 g/mol. The van der Waals surface area contributed by atoms with Crippen LogP contribution >= 0.6 is 0 Å². The molecule has 0 spiro atoms. The van der Waals surface area contributed by atoms with Crippen molar-refractivity contribution in [2.45, 2.75) is 6.04 Å². The summed E-state index contributed by atoms with van der Waals surface area (Å²) in [5.74, 6) is 1.52. The zero-order valence-electron chi connectivity index (χ0n) is 12.8. The molecule has 0 saturated carbocycles. The van der Waals surface area contributed by atoms with Crippen molar-refractivity contribution in [1.82, 2.24) is 19.9 Å². The number of ether oxygens (including phenoxy) is 2. The lowest BCUT2D eigenvalue weighted by molar-refractivity contribution is 0.338. The molecular formula is C14H18N6O2. The fourth-order valence-electron chi connectivity index (χ4n) is 2.26. The van der Waals surface area contributed by atoms with Crippen LogP contribution in [0.1, 0.15) is 0 Å². The number of pyridine rings is 1. The van der Waals surface area contributed by atoms with Crippen molar-refractivity contribution < 1.29 is 9.47 Å². The van der Waals surface area contributed by atoms with E-state index in [1.54, 1.807) is 6.20 Å². The van der Waals surface area contributed by atoms with Gasteiger partial charge in [-0.15, -0.1) is 4.98 Å². The zero-order chi connectivity index (χ0) is 15.5. The Morgan fingerprint density at radius 3 is 2.32 bits per heavy atom. The van der Waals surface area contributed by atoms with E-state index in [9.17, 15) is 0 Å². The molecule has 2 aromatic rings. The van der Waals surface area contributed by atoms with Crippen molar-refractivity contribution in [3.8, 4) is 12.0 Å². The van der Waals surface area contributed by atoms with Gasteiger partial charge in [0.05, 0.1) is 20.3 Å². The van der Waals surface area contributed by atoms with E-state index < -0.39 is 0 Å². The molecule has 8 heteroatoms. The van der Waals surface area contributed by atoms with E-state index in [2.05, 4.69) is 24.8 Å². The first kappa shape index (κ1) is 14.3. The number of methoxy groups -OCH3 is 2. The first-order valence-electron chi connectivity index (χ1n) is 6.94. The van der Waals surface area contributed by atoms with E-state index in [1.165, 1.54) is 14.2 Å². The largest absolute Gasteiger partial charge is 0.467 e. The lowest BCUT2D eigenvalue weighted by Crippen LogP contribution is -2.59. The van der Waals surface area contributed by atoms with Gasteiger partial charge in [-0.05, 0) is 12.1 Å². The molecule has 0 bridgehead atoms. The second-order valence-corrected chi connectivity index (χ2v) is 4.97. The normalized spacial score (nSPS) is 14.4. The number of likely N-dealkylation sites (N-methyl/N-ethyl adjacent to an activating group) is 1. The van der Waals surface area contributed by atoms with Crippen LogP contribution in [0.2, 0.25) is 0 Å². The average molecular weight is 302 g/mol.